The molecule has 1 saturated carbocycles. The van der Waals surface area contributed by atoms with Gasteiger partial charge in [-0.05, 0) is 31.2 Å². The van der Waals surface area contributed by atoms with Gasteiger partial charge in [-0.25, -0.2) is 9.37 Å². The van der Waals surface area contributed by atoms with Crippen molar-refractivity contribution in [2.75, 3.05) is 18.0 Å². The summed E-state index contributed by atoms with van der Waals surface area (Å²) in [5.41, 5.74) is 0.742. The lowest BCUT2D eigenvalue weighted by Gasteiger charge is -2.19. The molecule has 1 aliphatic heterocycles. The zero-order valence-corrected chi connectivity index (χ0v) is 10.8. The average Bonchev–Trinajstić information content (AvgIpc) is 3.09. The summed E-state index contributed by atoms with van der Waals surface area (Å²) in [7, 11) is 0. The van der Waals surface area contributed by atoms with Crippen molar-refractivity contribution in [1.82, 2.24) is 10.3 Å². The second-order valence-electron chi connectivity index (χ2n) is 5.60. The quantitative estimate of drug-likeness (QED) is 0.887. The molecule has 3 nitrogen and oxygen atoms in total. The fourth-order valence-corrected chi connectivity index (χ4v) is 2.50. The molecule has 1 aliphatic carbocycles. The number of hydrogen-bond acceptors (Lipinski definition) is 3. The van der Waals surface area contributed by atoms with E-state index in [0.717, 1.165) is 25.1 Å². The van der Waals surface area contributed by atoms with Crippen LogP contribution in [0.3, 0.4) is 0 Å². The SMILES string of the molecule is CC1CCN(c2nccc(CNC3CC3)c2F)C1. The summed E-state index contributed by atoms with van der Waals surface area (Å²) in [4.78, 5) is 6.29. The molecule has 0 radical (unpaired) electrons. The van der Waals surface area contributed by atoms with E-state index in [2.05, 4.69) is 22.1 Å². The molecule has 0 aromatic carbocycles. The lowest BCUT2D eigenvalue weighted by molar-refractivity contribution is 0.576. The summed E-state index contributed by atoms with van der Waals surface area (Å²) in [6.45, 7) is 4.67. The molecule has 18 heavy (non-hydrogen) atoms. The number of nitrogens with one attached hydrogen (secondary N) is 1. The first kappa shape index (κ1) is 11.9. The van der Waals surface area contributed by atoms with Crippen molar-refractivity contribution in [3.8, 4) is 0 Å². The monoisotopic (exact) mass is 249 g/mol. The van der Waals surface area contributed by atoms with Gasteiger partial charge in [0, 0.05) is 37.4 Å². The van der Waals surface area contributed by atoms with Crippen LogP contribution in [0.4, 0.5) is 10.2 Å². The average molecular weight is 249 g/mol. The maximum atomic E-state index is 14.4. The lowest BCUT2D eigenvalue weighted by Crippen LogP contribution is -2.23. The van der Waals surface area contributed by atoms with E-state index in [4.69, 9.17) is 0 Å². The molecule has 1 aromatic heterocycles. The normalized spacial score (nSPS) is 23.7. The van der Waals surface area contributed by atoms with E-state index >= 15 is 0 Å². The summed E-state index contributed by atoms with van der Waals surface area (Å²) in [5, 5.41) is 3.35. The largest absolute Gasteiger partial charge is 0.354 e. The predicted octanol–water partition coefficient (Wildman–Crippen LogP) is 2.32. The summed E-state index contributed by atoms with van der Waals surface area (Å²) in [6, 6.07) is 2.39. The molecule has 2 heterocycles. The minimum Gasteiger partial charge on any atom is -0.354 e. The fourth-order valence-electron chi connectivity index (χ4n) is 2.50. The van der Waals surface area contributed by atoms with Crippen LogP contribution in [-0.2, 0) is 6.54 Å². The van der Waals surface area contributed by atoms with Gasteiger partial charge in [0.25, 0.3) is 0 Å². The van der Waals surface area contributed by atoms with Gasteiger partial charge in [-0.15, -0.1) is 0 Å². The minimum absolute atomic E-state index is 0.139. The van der Waals surface area contributed by atoms with Crippen molar-refractivity contribution < 1.29 is 4.39 Å². The van der Waals surface area contributed by atoms with Gasteiger partial charge in [-0.3, -0.25) is 0 Å². The number of pyridine rings is 1. The van der Waals surface area contributed by atoms with E-state index in [1.165, 1.54) is 12.8 Å². The third kappa shape index (κ3) is 2.48. The van der Waals surface area contributed by atoms with E-state index in [1.54, 1.807) is 12.3 Å². The van der Waals surface area contributed by atoms with Gasteiger partial charge in [0.15, 0.2) is 11.6 Å². The fraction of sp³-hybridized carbons (Fsp3) is 0.643. The second kappa shape index (κ2) is 4.84. The van der Waals surface area contributed by atoms with Crippen molar-refractivity contribution in [1.29, 1.82) is 0 Å². The third-order valence-electron chi connectivity index (χ3n) is 3.83. The van der Waals surface area contributed by atoms with E-state index < -0.39 is 0 Å². The standard InChI is InChI=1S/C14H20FN3/c1-10-5-7-18(9-10)14-13(15)11(4-6-16-14)8-17-12-2-3-12/h4,6,10,12,17H,2-3,5,7-9H2,1H3. The van der Waals surface area contributed by atoms with Gasteiger partial charge in [0.05, 0.1) is 0 Å². The number of hydrogen-bond donors (Lipinski definition) is 1. The minimum atomic E-state index is -0.139. The lowest BCUT2D eigenvalue weighted by atomic mass is 10.2. The first-order chi connectivity index (χ1) is 8.74. The van der Waals surface area contributed by atoms with Crippen molar-refractivity contribution in [2.45, 2.75) is 38.8 Å². The molecule has 2 fully saturated rings. The topological polar surface area (TPSA) is 28.2 Å². The molecule has 1 aromatic rings. The van der Waals surface area contributed by atoms with Gasteiger partial charge in [0.1, 0.15) is 0 Å². The molecule has 4 heteroatoms. The van der Waals surface area contributed by atoms with Crippen molar-refractivity contribution in [3.63, 3.8) is 0 Å². The van der Waals surface area contributed by atoms with Crippen LogP contribution >= 0.6 is 0 Å². The van der Waals surface area contributed by atoms with Gasteiger partial charge in [0.2, 0.25) is 0 Å². The number of anilines is 1. The maximum absolute atomic E-state index is 14.4. The van der Waals surface area contributed by atoms with E-state index in [-0.39, 0.29) is 5.82 Å². The molecule has 1 N–H and O–H groups in total. The van der Waals surface area contributed by atoms with Crippen molar-refractivity contribution in [2.24, 2.45) is 5.92 Å². The first-order valence-electron chi connectivity index (χ1n) is 6.85. The molecule has 2 aliphatic rings. The molecule has 0 bridgehead atoms. The summed E-state index contributed by atoms with van der Waals surface area (Å²) >= 11 is 0. The van der Waals surface area contributed by atoms with Crippen LogP contribution in [0.2, 0.25) is 0 Å². The van der Waals surface area contributed by atoms with Crippen LogP contribution in [0.15, 0.2) is 12.3 Å². The number of halogens is 1. The van der Waals surface area contributed by atoms with Crippen molar-refractivity contribution in [3.05, 3.63) is 23.6 Å². The maximum Gasteiger partial charge on any atom is 0.170 e. The predicted molar refractivity (Wildman–Crippen MR) is 70.1 cm³/mol. The zero-order valence-electron chi connectivity index (χ0n) is 10.8. The smallest absolute Gasteiger partial charge is 0.170 e. The van der Waals surface area contributed by atoms with Crippen LogP contribution in [0.1, 0.15) is 31.7 Å². The highest BCUT2D eigenvalue weighted by Crippen LogP contribution is 2.26. The van der Waals surface area contributed by atoms with Gasteiger partial charge in [-0.2, -0.15) is 0 Å². The molecule has 1 saturated heterocycles. The van der Waals surface area contributed by atoms with Gasteiger partial charge >= 0.3 is 0 Å². The van der Waals surface area contributed by atoms with E-state index in [1.807, 2.05) is 0 Å². The molecule has 0 amide bonds. The molecule has 0 spiro atoms. The molecule has 1 unspecified atom stereocenters. The molecule has 3 rings (SSSR count). The van der Waals surface area contributed by atoms with E-state index in [9.17, 15) is 4.39 Å². The number of aromatic nitrogens is 1. The Hall–Kier alpha value is -1.16. The van der Waals surface area contributed by atoms with Crippen LogP contribution in [0.5, 0.6) is 0 Å². The second-order valence-corrected chi connectivity index (χ2v) is 5.60. The highest BCUT2D eigenvalue weighted by Gasteiger charge is 2.25. The Labute approximate surface area is 107 Å². The van der Waals surface area contributed by atoms with Crippen LogP contribution in [0.25, 0.3) is 0 Å². The van der Waals surface area contributed by atoms with Gasteiger partial charge < -0.3 is 10.2 Å². The highest BCUT2D eigenvalue weighted by molar-refractivity contribution is 5.44. The van der Waals surface area contributed by atoms with Crippen LogP contribution in [0, 0.1) is 11.7 Å². The van der Waals surface area contributed by atoms with Crippen LogP contribution < -0.4 is 10.2 Å². The third-order valence-corrected chi connectivity index (χ3v) is 3.83. The summed E-state index contributed by atoms with van der Waals surface area (Å²) in [5.74, 6) is 1.04. The van der Waals surface area contributed by atoms with Crippen LogP contribution in [-0.4, -0.2) is 24.1 Å². The Balaban J connectivity index is 1.74. The summed E-state index contributed by atoms with van der Waals surface area (Å²) in [6.07, 6.45) is 5.31. The molecular formula is C14H20FN3. The number of rotatable bonds is 4. The molecular weight excluding hydrogens is 229 g/mol. The molecule has 1 atom stereocenters. The number of nitrogens with zero attached hydrogens (tertiary/aromatic N) is 2. The Kier molecular flexibility index (Phi) is 3.20. The Morgan fingerprint density at radius 3 is 2.94 bits per heavy atom. The Bertz CT molecular complexity index is 431. The van der Waals surface area contributed by atoms with E-state index in [0.29, 0.717) is 24.3 Å². The first-order valence-corrected chi connectivity index (χ1v) is 6.85. The Morgan fingerprint density at radius 2 is 2.28 bits per heavy atom. The molecule has 98 valence electrons. The van der Waals surface area contributed by atoms with Gasteiger partial charge in [-0.1, -0.05) is 6.92 Å². The van der Waals surface area contributed by atoms with Crippen molar-refractivity contribution >= 4 is 5.82 Å². The highest BCUT2D eigenvalue weighted by atomic mass is 19.1. The Morgan fingerprint density at radius 1 is 1.44 bits per heavy atom. The zero-order chi connectivity index (χ0) is 12.5. The summed E-state index contributed by atoms with van der Waals surface area (Å²) < 4.78 is 14.4.